The molecule has 0 spiro atoms. The topological polar surface area (TPSA) is 120 Å². The zero-order chi connectivity index (χ0) is 20.7. The Kier molecular flexibility index (Phi) is 7.44. The van der Waals surface area contributed by atoms with Crippen molar-refractivity contribution in [2.24, 2.45) is 0 Å². The minimum Gasteiger partial charge on any atom is -0.493 e. The third kappa shape index (κ3) is 5.74. The summed E-state index contributed by atoms with van der Waals surface area (Å²) in [5.74, 6) is 0.237. The SMILES string of the molecule is COC(=O)Cc1cc(=O)[nH]c(S[C@H](C)C(=O)Nc2ccc(OC)c(OC)c2)n1. The van der Waals surface area contributed by atoms with Crippen molar-refractivity contribution in [2.45, 2.75) is 23.8 Å². The second-order valence-corrected chi connectivity index (χ2v) is 6.94. The van der Waals surface area contributed by atoms with E-state index in [4.69, 9.17) is 9.47 Å². The molecule has 10 heteroatoms. The Morgan fingerprint density at radius 3 is 2.54 bits per heavy atom. The van der Waals surface area contributed by atoms with Gasteiger partial charge in [-0.15, -0.1) is 0 Å². The first-order valence-corrected chi connectivity index (χ1v) is 9.10. The van der Waals surface area contributed by atoms with E-state index in [0.29, 0.717) is 17.2 Å². The second-order valence-electron chi connectivity index (χ2n) is 5.61. The number of amides is 1. The van der Waals surface area contributed by atoms with Gasteiger partial charge in [-0.1, -0.05) is 11.8 Å². The van der Waals surface area contributed by atoms with E-state index >= 15 is 0 Å². The van der Waals surface area contributed by atoms with Gasteiger partial charge in [0, 0.05) is 17.8 Å². The number of rotatable bonds is 8. The van der Waals surface area contributed by atoms with Crippen molar-refractivity contribution in [3.63, 3.8) is 0 Å². The van der Waals surface area contributed by atoms with Gasteiger partial charge in [0.05, 0.1) is 38.7 Å². The summed E-state index contributed by atoms with van der Waals surface area (Å²) in [5, 5.41) is 2.44. The van der Waals surface area contributed by atoms with Gasteiger partial charge in [0.1, 0.15) is 0 Å². The first-order chi connectivity index (χ1) is 13.4. The Balaban J connectivity index is 2.08. The van der Waals surface area contributed by atoms with Crippen LogP contribution in [-0.2, 0) is 20.7 Å². The van der Waals surface area contributed by atoms with E-state index < -0.39 is 16.8 Å². The Morgan fingerprint density at radius 2 is 1.89 bits per heavy atom. The Morgan fingerprint density at radius 1 is 1.18 bits per heavy atom. The molecular weight excluding hydrogens is 386 g/mol. The number of H-pyrrole nitrogens is 1. The van der Waals surface area contributed by atoms with Crippen LogP contribution in [0.1, 0.15) is 12.6 Å². The van der Waals surface area contributed by atoms with Gasteiger partial charge in [0.2, 0.25) is 5.91 Å². The van der Waals surface area contributed by atoms with Gasteiger partial charge in [0.15, 0.2) is 16.7 Å². The molecule has 0 fully saturated rings. The predicted octanol–water partition coefficient (Wildman–Crippen LogP) is 1.62. The normalized spacial score (nSPS) is 11.4. The molecule has 0 aliphatic carbocycles. The Hall–Kier alpha value is -3.01. The lowest BCUT2D eigenvalue weighted by molar-refractivity contribution is -0.139. The van der Waals surface area contributed by atoms with E-state index in [9.17, 15) is 14.4 Å². The summed E-state index contributed by atoms with van der Waals surface area (Å²) < 4.78 is 15.0. The van der Waals surface area contributed by atoms with Crippen molar-refractivity contribution in [2.75, 3.05) is 26.6 Å². The van der Waals surface area contributed by atoms with Crippen LogP contribution in [0, 0.1) is 0 Å². The highest BCUT2D eigenvalue weighted by atomic mass is 32.2. The molecule has 1 atom stereocenters. The zero-order valence-corrected chi connectivity index (χ0v) is 16.7. The van der Waals surface area contributed by atoms with Crippen molar-refractivity contribution >= 4 is 29.3 Å². The molecule has 2 rings (SSSR count). The molecule has 1 aromatic carbocycles. The summed E-state index contributed by atoms with van der Waals surface area (Å²) >= 11 is 1.06. The molecule has 0 aliphatic rings. The van der Waals surface area contributed by atoms with Gasteiger partial charge in [-0.25, -0.2) is 4.98 Å². The van der Waals surface area contributed by atoms with Gasteiger partial charge < -0.3 is 24.5 Å². The zero-order valence-electron chi connectivity index (χ0n) is 15.9. The number of ether oxygens (including phenoxy) is 3. The van der Waals surface area contributed by atoms with E-state index in [1.54, 1.807) is 25.1 Å². The predicted molar refractivity (Wildman–Crippen MR) is 104 cm³/mol. The average molecular weight is 407 g/mol. The van der Waals surface area contributed by atoms with Crippen LogP contribution in [0.15, 0.2) is 34.2 Å². The minimum atomic E-state index is -0.565. The van der Waals surface area contributed by atoms with Crippen LogP contribution in [0.2, 0.25) is 0 Å². The first kappa shape index (κ1) is 21.3. The van der Waals surface area contributed by atoms with Gasteiger partial charge in [-0.05, 0) is 19.1 Å². The number of hydrogen-bond acceptors (Lipinski definition) is 8. The number of esters is 1. The molecule has 1 aromatic heterocycles. The highest BCUT2D eigenvalue weighted by Crippen LogP contribution is 2.30. The number of carbonyl (C=O) groups excluding carboxylic acids is 2. The summed E-state index contributed by atoms with van der Waals surface area (Å²) in [5.41, 5.74) is 0.394. The maximum atomic E-state index is 12.5. The number of nitrogens with one attached hydrogen (secondary N) is 2. The number of anilines is 1. The molecular formula is C18H21N3O6S. The molecule has 0 saturated carbocycles. The minimum absolute atomic E-state index is 0.125. The Bertz CT molecular complexity index is 914. The second kappa shape index (κ2) is 9.79. The molecule has 0 bridgehead atoms. The number of hydrogen-bond donors (Lipinski definition) is 2. The van der Waals surface area contributed by atoms with Gasteiger partial charge in [0.25, 0.3) is 5.56 Å². The molecule has 9 nitrogen and oxygen atoms in total. The standard InChI is InChI=1S/C18H21N3O6S/c1-10(17(24)19-11-5-6-13(25-2)14(7-11)26-3)28-18-20-12(8-15(22)21-18)9-16(23)27-4/h5-8,10H,9H2,1-4H3,(H,19,24)(H,20,21,22)/t10-/m1/s1. The van der Waals surface area contributed by atoms with Crippen LogP contribution < -0.4 is 20.3 Å². The molecule has 0 unspecified atom stereocenters. The number of aromatic amines is 1. The number of methoxy groups -OCH3 is 3. The number of thioether (sulfide) groups is 1. The number of nitrogens with zero attached hydrogens (tertiary/aromatic N) is 1. The lowest BCUT2D eigenvalue weighted by Crippen LogP contribution is -2.23. The maximum Gasteiger partial charge on any atom is 0.311 e. The maximum absolute atomic E-state index is 12.5. The molecule has 1 amide bonds. The molecule has 0 radical (unpaired) electrons. The van der Waals surface area contributed by atoms with Crippen molar-refractivity contribution in [1.29, 1.82) is 0 Å². The van der Waals surface area contributed by atoms with Crippen molar-refractivity contribution in [3.8, 4) is 11.5 Å². The summed E-state index contributed by atoms with van der Waals surface area (Å²) in [4.78, 5) is 42.3. The average Bonchev–Trinajstić information content (AvgIpc) is 2.67. The summed E-state index contributed by atoms with van der Waals surface area (Å²) in [6.07, 6.45) is -0.125. The van der Waals surface area contributed by atoms with E-state index in [1.165, 1.54) is 27.4 Å². The van der Waals surface area contributed by atoms with E-state index in [0.717, 1.165) is 11.8 Å². The largest absolute Gasteiger partial charge is 0.493 e. The molecule has 0 saturated heterocycles. The molecule has 2 N–H and O–H groups in total. The molecule has 1 heterocycles. The molecule has 28 heavy (non-hydrogen) atoms. The first-order valence-electron chi connectivity index (χ1n) is 8.23. The van der Waals surface area contributed by atoms with Crippen molar-refractivity contribution in [3.05, 3.63) is 40.3 Å². The summed E-state index contributed by atoms with van der Waals surface area (Å²) in [7, 11) is 4.29. The van der Waals surface area contributed by atoms with Crippen molar-refractivity contribution < 1.29 is 23.8 Å². The van der Waals surface area contributed by atoms with Crippen LogP contribution >= 0.6 is 11.8 Å². The highest BCUT2D eigenvalue weighted by Gasteiger charge is 2.18. The molecule has 150 valence electrons. The number of carbonyl (C=O) groups is 2. The fraction of sp³-hybridized carbons (Fsp3) is 0.333. The fourth-order valence-electron chi connectivity index (χ4n) is 2.23. The fourth-order valence-corrected chi connectivity index (χ4v) is 3.06. The smallest absolute Gasteiger partial charge is 0.311 e. The number of benzene rings is 1. The quantitative estimate of drug-likeness (QED) is 0.385. The Labute approximate surface area is 165 Å². The molecule has 0 aliphatic heterocycles. The lowest BCUT2D eigenvalue weighted by atomic mass is 10.2. The van der Waals surface area contributed by atoms with Crippen LogP contribution in [0.4, 0.5) is 5.69 Å². The van der Waals surface area contributed by atoms with Crippen LogP contribution in [0.3, 0.4) is 0 Å². The summed E-state index contributed by atoms with van der Waals surface area (Å²) in [6, 6.07) is 6.23. The van der Waals surface area contributed by atoms with Gasteiger partial charge >= 0.3 is 5.97 Å². The molecule has 2 aromatic rings. The lowest BCUT2D eigenvalue weighted by Gasteiger charge is -2.13. The third-order valence-corrected chi connectivity index (χ3v) is 4.62. The van der Waals surface area contributed by atoms with Gasteiger partial charge in [-0.2, -0.15) is 0 Å². The van der Waals surface area contributed by atoms with E-state index in [-0.39, 0.29) is 23.2 Å². The number of aromatic nitrogens is 2. The van der Waals surface area contributed by atoms with Gasteiger partial charge in [-0.3, -0.25) is 14.4 Å². The monoisotopic (exact) mass is 407 g/mol. The van der Waals surface area contributed by atoms with Crippen LogP contribution in [-0.4, -0.2) is 48.4 Å². The third-order valence-electron chi connectivity index (χ3n) is 3.63. The van der Waals surface area contributed by atoms with Crippen LogP contribution in [0.5, 0.6) is 11.5 Å². The van der Waals surface area contributed by atoms with Crippen molar-refractivity contribution in [1.82, 2.24) is 9.97 Å². The van der Waals surface area contributed by atoms with E-state index in [2.05, 4.69) is 20.0 Å². The van der Waals surface area contributed by atoms with Crippen LogP contribution in [0.25, 0.3) is 0 Å². The highest BCUT2D eigenvalue weighted by molar-refractivity contribution is 8.00. The summed E-state index contributed by atoms with van der Waals surface area (Å²) in [6.45, 7) is 1.67. The van der Waals surface area contributed by atoms with E-state index in [1.807, 2.05) is 0 Å².